The summed E-state index contributed by atoms with van der Waals surface area (Å²) in [6.07, 6.45) is 3.17. The van der Waals surface area contributed by atoms with E-state index >= 15 is 0 Å². The van der Waals surface area contributed by atoms with Crippen molar-refractivity contribution >= 4 is 12.0 Å². The lowest BCUT2D eigenvalue weighted by atomic mass is 10.0. The van der Waals surface area contributed by atoms with Gasteiger partial charge in [0.1, 0.15) is 0 Å². The smallest absolute Gasteiger partial charge is 0.409 e. The fraction of sp³-hybridized carbons (Fsp3) is 0.818. The molecule has 0 aromatic carbocycles. The number of rotatable bonds is 1. The number of likely N-dealkylation sites (tertiary alicyclic amines) is 2. The second kappa shape index (κ2) is 4.72. The Balaban J connectivity index is 1.85. The zero-order valence-corrected chi connectivity index (χ0v) is 9.65. The summed E-state index contributed by atoms with van der Waals surface area (Å²) < 4.78 is 4.68. The Bertz CT molecular complexity index is 285. The summed E-state index contributed by atoms with van der Waals surface area (Å²) in [6, 6.07) is 0.330. The van der Waals surface area contributed by atoms with E-state index in [-0.39, 0.29) is 12.0 Å². The molecule has 0 bridgehead atoms. The molecule has 0 N–H and O–H groups in total. The van der Waals surface area contributed by atoms with E-state index in [1.807, 2.05) is 4.90 Å². The SMILES string of the molecule is COC(=O)N1CCC(N2CCCC2=O)CC1. The Morgan fingerprint density at radius 1 is 1.31 bits per heavy atom. The Morgan fingerprint density at radius 3 is 2.50 bits per heavy atom. The molecule has 0 saturated carbocycles. The molecule has 5 nitrogen and oxygen atoms in total. The first kappa shape index (κ1) is 11.2. The van der Waals surface area contributed by atoms with Gasteiger partial charge >= 0.3 is 6.09 Å². The monoisotopic (exact) mass is 226 g/mol. The number of nitrogens with zero attached hydrogens (tertiary/aromatic N) is 2. The topological polar surface area (TPSA) is 49.9 Å². The fourth-order valence-electron chi connectivity index (χ4n) is 2.54. The van der Waals surface area contributed by atoms with Gasteiger partial charge in [-0.25, -0.2) is 4.79 Å². The number of carbonyl (C=O) groups is 2. The Labute approximate surface area is 95.3 Å². The molecule has 5 heteroatoms. The number of carbonyl (C=O) groups excluding carboxylic acids is 2. The van der Waals surface area contributed by atoms with Crippen molar-refractivity contribution in [2.24, 2.45) is 0 Å². The molecule has 2 heterocycles. The van der Waals surface area contributed by atoms with Gasteiger partial charge in [-0.05, 0) is 19.3 Å². The van der Waals surface area contributed by atoms with Crippen molar-refractivity contribution in [2.45, 2.75) is 31.7 Å². The van der Waals surface area contributed by atoms with Crippen molar-refractivity contribution in [2.75, 3.05) is 26.7 Å². The first-order valence-corrected chi connectivity index (χ1v) is 5.84. The molecule has 2 rings (SSSR count). The highest BCUT2D eigenvalue weighted by Gasteiger charge is 2.31. The minimum absolute atomic E-state index is 0.258. The second-order valence-corrected chi connectivity index (χ2v) is 4.38. The standard InChI is InChI=1S/C11H18N2O3/c1-16-11(15)12-7-4-9(5-8-12)13-6-2-3-10(13)14/h9H,2-8H2,1H3. The van der Waals surface area contributed by atoms with Crippen LogP contribution in [0.3, 0.4) is 0 Å². The minimum Gasteiger partial charge on any atom is -0.453 e. The largest absolute Gasteiger partial charge is 0.453 e. The van der Waals surface area contributed by atoms with Gasteiger partial charge in [-0.15, -0.1) is 0 Å². The highest BCUT2D eigenvalue weighted by atomic mass is 16.5. The van der Waals surface area contributed by atoms with Crippen LogP contribution in [0.2, 0.25) is 0 Å². The molecule has 2 amide bonds. The molecule has 0 aromatic heterocycles. The van der Waals surface area contributed by atoms with Crippen LogP contribution in [0.25, 0.3) is 0 Å². The Kier molecular flexibility index (Phi) is 3.31. The zero-order chi connectivity index (χ0) is 11.5. The van der Waals surface area contributed by atoms with Crippen LogP contribution in [0.5, 0.6) is 0 Å². The minimum atomic E-state index is -0.258. The summed E-state index contributed by atoms with van der Waals surface area (Å²) in [5.74, 6) is 0.275. The summed E-state index contributed by atoms with van der Waals surface area (Å²) >= 11 is 0. The summed E-state index contributed by atoms with van der Waals surface area (Å²) in [4.78, 5) is 26.5. The van der Waals surface area contributed by atoms with E-state index in [0.29, 0.717) is 25.6 Å². The van der Waals surface area contributed by atoms with E-state index in [4.69, 9.17) is 0 Å². The van der Waals surface area contributed by atoms with E-state index in [1.165, 1.54) is 7.11 Å². The van der Waals surface area contributed by atoms with E-state index in [2.05, 4.69) is 4.74 Å². The summed E-state index contributed by atoms with van der Waals surface area (Å²) in [6.45, 7) is 2.28. The summed E-state index contributed by atoms with van der Waals surface area (Å²) in [5.41, 5.74) is 0. The molecule has 2 fully saturated rings. The van der Waals surface area contributed by atoms with E-state index < -0.39 is 0 Å². The number of hydrogen-bond donors (Lipinski definition) is 0. The molecule has 90 valence electrons. The van der Waals surface area contributed by atoms with Gasteiger partial charge in [0.2, 0.25) is 5.91 Å². The first-order valence-electron chi connectivity index (χ1n) is 5.84. The van der Waals surface area contributed by atoms with Crippen LogP contribution in [0, 0.1) is 0 Å². The Hall–Kier alpha value is -1.26. The van der Waals surface area contributed by atoms with Gasteiger partial charge < -0.3 is 14.5 Å². The van der Waals surface area contributed by atoms with Crippen LogP contribution < -0.4 is 0 Å². The van der Waals surface area contributed by atoms with Crippen LogP contribution in [0.15, 0.2) is 0 Å². The van der Waals surface area contributed by atoms with Crippen LogP contribution >= 0.6 is 0 Å². The van der Waals surface area contributed by atoms with Gasteiger partial charge in [-0.2, -0.15) is 0 Å². The lowest BCUT2D eigenvalue weighted by Crippen LogP contribution is -2.47. The molecule has 0 radical (unpaired) electrons. The normalized spacial score (nSPS) is 22.7. The molecule has 0 spiro atoms. The molecule has 0 aliphatic carbocycles. The third-order valence-electron chi connectivity index (χ3n) is 3.45. The predicted octanol–water partition coefficient (Wildman–Crippen LogP) is 0.840. The fourth-order valence-corrected chi connectivity index (χ4v) is 2.54. The average Bonchev–Trinajstić information content (AvgIpc) is 2.75. The lowest BCUT2D eigenvalue weighted by Gasteiger charge is -2.35. The van der Waals surface area contributed by atoms with E-state index in [1.54, 1.807) is 4.90 Å². The molecule has 0 aromatic rings. The molecule has 2 aliphatic rings. The maximum atomic E-state index is 11.6. The van der Waals surface area contributed by atoms with Crippen molar-refractivity contribution in [3.63, 3.8) is 0 Å². The number of amides is 2. The van der Waals surface area contributed by atoms with Crippen molar-refractivity contribution in [1.82, 2.24) is 9.80 Å². The van der Waals surface area contributed by atoms with Crippen molar-refractivity contribution in [3.05, 3.63) is 0 Å². The van der Waals surface area contributed by atoms with Crippen LogP contribution in [-0.4, -0.2) is 54.6 Å². The number of hydrogen-bond acceptors (Lipinski definition) is 3. The Morgan fingerprint density at radius 2 is 2.00 bits per heavy atom. The molecule has 2 aliphatic heterocycles. The van der Waals surface area contributed by atoms with E-state index in [9.17, 15) is 9.59 Å². The number of piperidine rings is 1. The third kappa shape index (κ3) is 2.13. The quantitative estimate of drug-likeness (QED) is 0.665. The van der Waals surface area contributed by atoms with Crippen LogP contribution in [-0.2, 0) is 9.53 Å². The number of ether oxygens (including phenoxy) is 1. The van der Waals surface area contributed by atoms with Crippen molar-refractivity contribution in [3.8, 4) is 0 Å². The van der Waals surface area contributed by atoms with Gasteiger partial charge in [-0.1, -0.05) is 0 Å². The molecule has 2 saturated heterocycles. The summed E-state index contributed by atoms with van der Waals surface area (Å²) in [5, 5.41) is 0. The van der Waals surface area contributed by atoms with Crippen molar-refractivity contribution in [1.29, 1.82) is 0 Å². The number of methoxy groups -OCH3 is 1. The van der Waals surface area contributed by atoms with Gasteiger partial charge in [0, 0.05) is 32.1 Å². The van der Waals surface area contributed by atoms with Gasteiger partial charge in [0.15, 0.2) is 0 Å². The molecule has 0 unspecified atom stereocenters. The molecular weight excluding hydrogens is 208 g/mol. The second-order valence-electron chi connectivity index (χ2n) is 4.38. The van der Waals surface area contributed by atoms with Crippen LogP contribution in [0.1, 0.15) is 25.7 Å². The van der Waals surface area contributed by atoms with Gasteiger partial charge in [0.25, 0.3) is 0 Å². The highest BCUT2D eigenvalue weighted by molar-refractivity contribution is 5.78. The lowest BCUT2D eigenvalue weighted by molar-refractivity contribution is -0.130. The van der Waals surface area contributed by atoms with Crippen molar-refractivity contribution < 1.29 is 14.3 Å². The average molecular weight is 226 g/mol. The van der Waals surface area contributed by atoms with E-state index in [0.717, 1.165) is 25.8 Å². The first-order chi connectivity index (χ1) is 7.72. The molecule has 0 atom stereocenters. The maximum Gasteiger partial charge on any atom is 0.409 e. The predicted molar refractivity (Wildman–Crippen MR) is 57.9 cm³/mol. The third-order valence-corrected chi connectivity index (χ3v) is 3.45. The van der Waals surface area contributed by atoms with Crippen LogP contribution in [0.4, 0.5) is 4.79 Å². The maximum absolute atomic E-state index is 11.6. The molecule has 16 heavy (non-hydrogen) atoms. The zero-order valence-electron chi connectivity index (χ0n) is 9.65. The molecular formula is C11H18N2O3. The van der Waals surface area contributed by atoms with Gasteiger partial charge in [0.05, 0.1) is 7.11 Å². The summed E-state index contributed by atoms with van der Waals surface area (Å²) in [7, 11) is 1.40. The van der Waals surface area contributed by atoms with Gasteiger partial charge in [-0.3, -0.25) is 4.79 Å². The highest BCUT2D eigenvalue weighted by Crippen LogP contribution is 2.22.